The normalized spacial score (nSPS) is 23.1. The van der Waals surface area contributed by atoms with E-state index in [9.17, 15) is 4.79 Å². The van der Waals surface area contributed by atoms with Gasteiger partial charge in [-0.15, -0.1) is 23.1 Å². The number of thiophene rings is 1. The van der Waals surface area contributed by atoms with Crippen molar-refractivity contribution in [3.05, 3.63) is 17.0 Å². The minimum Gasteiger partial charge on any atom is -0.354 e. The van der Waals surface area contributed by atoms with E-state index < -0.39 is 0 Å². The molecule has 0 saturated heterocycles. The molecule has 20 heavy (non-hydrogen) atoms. The summed E-state index contributed by atoms with van der Waals surface area (Å²) in [7, 11) is 0. The van der Waals surface area contributed by atoms with Crippen molar-refractivity contribution in [2.75, 3.05) is 6.54 Å². The van der Waals surface area contributed by atoms with Crippen molar-refractivity contribution >= 4 is 29.0 Å². The molecule has 3 nitrogen and oxygen atoms in total. The first-order chi connectivity index (χ1) is 9.60. The molecule has 5 heteroatoms. The number of amides is 1. The topological polar surface area (TPSA) is 41.1 Å². The van der Waals surface area contributed by atoms with Gasteiger partial charge in [0.15, 0.2) is 0 Å². The van der Waals surface area contributed by atoms with Crippen molar-refractivity contribution in [3.8, 4) is 0 Å². The Bertz CT molecular complexity index is 447. The van der Waals surface area contributed by atoms with Crippen molar-refractivity contribution in [2.24, 2.45) is 0 Å². The van der Waals surface area contributed by atoms with Crippen LogP contribution in [0.1, 0.15) is 51.6 Å². The van der Waals surface area contributed by atoms with E-state index in [0.717, 1.165) is 19.4 Å². The van der Waals surface area contributed by atoms with Crippen molar-refractivity contribution in [3.63, 3.8) is 0 Å². The second kappa shape index (κ2) is 7.48. The molecule has 112 valence electrons. The Morgan fingerprint density at radius 1 is 1.55 bits per heavy atom. The van der Waals surface area contributed by atoms with Gasteiger partial charge in [0, 0.05) is 30.3 Å². The molecule has 1 aromatic rings. The van der Waals surface area contributed by atoms with Crippen molar-refractivity contribution in [1.82, 2.24) is 10.6 Å². The van der Waals surface area contributed by atoms with Gasteiger partial charge in [0.2, 0.25) is 5.91 Å². The Labute approximate surface area is 129 Å². The van der Waals surface area contributed by atoms with Crippen LogP contribution in [0.5, 0.6) is 0 Å². The highest BCUT2D eigenvalue weighted by Gasteiger charge is 2.25. The van der Waals surface area contributed by atoms with Gasteiger partial charge in [-0.25, -0.2) is 0 Å². The van der Waals surface area contributed by atoms with Crippen molar-refractivity contribution in [2.45, 2.75) is 61.6 Å². The molecule has 0 aliphatic carbocycles. The van der Waals surface area contributed by atoms with Crippen LogP contribution in [0.15, 0.2) is 15.7 Å². The maximum atomic E-state index is 11.8. The lowest BCUT2D eigenvalue weighted by Gasteiger charge is -2.27. The molecule has 1 aromatic heterocycles. The van der Waals surface area contributed by atoms with Crippen molar-refractivity contribution < 1.29 is 4.79 Å². The molecule has 3 atom stereocenters. The van der Waals surface area contributed by atoms with Crippen LogP contribution in [0.2, 0.25) is 0 Å². The fourth-order valence-electron chi connectivity index (χ4n) is 2.35. The molecule has 2 heterocycles. The molecule has 1 aliphatic rings. The molecule has 2 rings (SSSR count). The summed E-state index contributed by atoms with van der Waals surface area (Å²) < 4.78 is 1.44. The molecular formula is C15H24N2OS2. The lowest BCUT2D eigenvalue weighted by molar-refractivity contribution is -0.121. The van der Waals surface area contributed by atoms with E-state index in [1.54, 1.807) is 0 Å². The average molecular weight is 313 g/mol. The fraction of sp³-hybridized carbons (Fsp3) is 0.667. The molecule has 2 N–H and O–H groups in total. The average Bonchev–Trinajstić information content (AvgIpc) is 2.86. The smallest absolute Gasteiger partial charge is 0.221 e. The number of hydrogen-bond acceptors (Lipinski definition) is 4. The van der Waals surface area contributed by atoms with Gasteiger partial charge < -0.3 is 10.6 Å². The summed E-state index contributed by atoms with van der Waals surface area (Å²) in [6.07, 6.45) is 2.68. The molecule has 0 bridgehead atoms. The van der Waals surface area contributed by atoms with E-state index in [1.165, 1.54) is 9.77 Å². The Kier molecular flexibility index (Phi) is 5.93. The minimum atomic E-state index is 0.149. The monoisotopic (exact) mass is 312 g/mol. The number of carbonyl (C=O) groups excluding carboxylic acids is 1. The first kappa shape index (κ1) is 15.9. The highest BCUT2D eigenvalue weighted by atomic mass is 32.2. The van der Waals surface area contributed by atoms with Crippen LogP contribution in [0.3, 0.4) is 0 Å². The van der Waals surface area contributed by atoms with E-state index >= 15 is 0 Å². The summed E-state index contributed by atoms with van der Waals surface area (Å²) in [5.41, 5.74) is 1.42. The summed E-state index contributed by atoms with van der Waals surface area (Å²) in [4.78, 5) is 11.8. The van der Waals surface area contributed by atoms with Gasteiger partial charge in [0.05, 0.1) is 4.21 Å². The number of thioether (sulfide) groups is 1. The number of fused-ring (bicyclic) bond motifs is 1. The van der Waals surface area contributed by atoms with Gasteiger partial charge in [-0.3, -0.25) is 4.79 Å². The molecule has 2 unspecified atom stereocenters. The second-order valence-corrected chi connectivity index (χ2v) is 8.08. The van der Waals surface area contributed by atoms with E-state index in [0.29, 0.717) is 17.7 Å². The highest BCUT2D eigenvalue weighted by Crippen LogP contribution is 2.43. The van der Waals surface area contributed by atoms with Crippen LogP contribution in [-0.2, 0) is 4.79 Å². The molecule has 1 amide bonds. The SMILES string of the molecule is CCC(C)NC(=O)CCNC1C[C@H](C)Sc2sccc21. The molecular weight excluding hydrogens is 288 g/mol. The van der Waals surface area contributed by atoms with E-state index in [1.807, 2.05) is 30.0 Å². The molecule has 0 aromatic carbocycles. The third-order valence-electron chi connectivity index (χ3n) is 3.67. The van der Waals surface area contributed by atoms with Gasteiger partial charge in [-0.05, 0) is 36.8 Å². The lowest BCUT2D eigenvalue weighted by Crippen LogP contribution is -2.35. The number of hydrogen-bond donors (Lipinski definition) is 2. The van der Waals surface area contributed by atoms with E-state index in [4.69, 9.17) is 0 Å². The standard InChI is InChI=1S/C15H24N2OS2/c1-4-10(2)17-14(18)5-7-16-13-9-11(3)20-15-12(13)6-8-19-15/h6,8,10-11,13,16H,4-5,7,9H2,1-3H3,(H,17,18)/t10?,11-,13?/m0/s1. The van der Waals surface area contributed by atoms with E-state index in [-0.39, 0.29) is 11.9 Å². The fourth-order valence-corrected chi connectivity index (χ4v) is 4.92. The maximum Gasteiger partial charge on any atom is 0.221 e. The van der Waals surface area contributed by atoms with E-state index in [2.05, 4.69) is 35.9 Å². The first-order valence-electron chi connectivity index (χ1n) is 7.37. The van der Waals surface area contributed by atoms with Crippen LogP contribution >= 0.6 is 23.1 Å². The predicted octanol–water partition coefficient (Wildman–Crippen LogP) is 3.57. The van der Waals surface area contributed by atoms with Crippen LogP contribution in [0.25, 0.3) is 0 Å². The molecule has 0 saturated carbocycles. The minimum absolute atomic E-state index is 0.149. The predicted molar refractivity (Wildman–Crippen MR) is 87.5 cm³/mol. The summed E-state index contributed by atoms with van der Waals surface area (Å²) in [5, 5.41) is 9.37. The van der Waals surface area contributed by atoms with Crippen LogP contribution in [-0.4, -0.2) is 23.7 Å². The third-order valence-corrected chi connectivity index (χ3v) is 6.02. The molecule has 0 spiro atoms. The van der Waals surface area contributed by atoms with Crippen LogP contribution in [0, 0.1) is 0 Å². The van der Waals surface area contributed by atoms with Crippen LogP contribution in [0.4, 0.5) is 0 Å². The van der Waals surface area contributed by atoms with Gasteiger partial charge in [-0.1, -0.05) is 13.8 Å². The maximum absolute atomic E-state index is 11.8. The summed E-state index contributed by atoms with van der Waals surface area (Å²) >= 11 is 3.80. The second-order valence-electron chi connectivity index (χ2n) is 5.46. The summed E-state index contributed by atoms with van der Waals surface area (Å²) in [5.74, 6) is 0.149. The first-order valence-corrected chi connectivity index (χ1v) is 9.12. The zero-order chi connectivity index (χ0) is 14.5. The summed E-state index contributed by atoms with van der Waals surface area (Å²) in [6.45, 7) is 7.16. The number of carbonyl (C=O) groups is 1. The lowest BCUT2D eigenvalue weighted by atomic mass is 10.0. The number of nitrogens with one attached hydrogen (secondary N) is 2. The van der Waals surface area contributed by atoms with Crippen LogP contribution < -0.4 is 10.6 Å². The summed E-state index contributed by atoms with van der Waals surface area (Å²) in [6, 6.07) is 2.90. The zero-order valence-corrected chi connectivity index (χ0v) is 14.1. The van der Waals surface area contributed by atoms with Gasteiger partial charge in [0.25, 0.3) is 0 Å². The molecule has 0 radical (unpaired) electrons. The highest BCUT2D eigenvalue weighted by molar-refractivity contribution is 8.01. The van der Waals surface area contributed by atoms with Gasteiger partial charge in [-0.2, -0.15) is 0 Å². The third kappa shape index (κ3) is 4.24. The quantitative estimate of drug-likeness (QED) is 0.844. The van der Waals surface area contributed by atoms with Gasteiger partial charge >= 0.3 is 0 Å². The Balaban J connectivity index is 1.79. The zero-order valence-electron chi connectivity index (χ0n) is 12.4. The van der Waals surface area contributed by atoms with Gasteiger partial charge in [0.1, 0.15) is 0 Å². The van der Waals surface area contributed by atoms with Crippen molar-refractivity contribution in [1.29, 1.82) is 0 Å². The molecule has 0 fully saturated rings. The Morgan fingerprint density at radius 3 is 3.10 bits per heavy atom. The molecule has 1 aliphatic heterocycles. The largest absolute Gasteiger partial charge is 0.354 e. The number of rotatable bonds is 6. The Hall–Kier alpha value is -0.520. The Morgan fingerprint density at radius 2 is 2.35 bits per heavy atom.